The van der Waals surface area contributed by atoms with E-state index in [-0.39, 0.29) is 11.8 Å². The maximum atomic E-state index is 13.3. The quantitative estimate of drug-likeness (QED) is 0.672. The molecular weight excluding hydrogens is 395 g/mol. The number of ether oxygens (including phenoxy) is 1. The molecule has 2 aromatic rings. The summed E-state index contributed by atoms with van der Waals surface area (Å²) in [6.45, 7) is 9.45. The van der Waals surface area contributed by atoms with E-state index in [1.165, 1.54) is 12.1 Å². The molecule has 1 aliphatic heterocycles. The Kier molecular flexibility index (Phi) is 8.26. The molecule has 0 saturated carbocycles. The van der Waals surface area contributed by atoms with Crippen LogP contribution in [0.2, 0.25) is 0 Å². The normalized spacial score (nSPS) is 16.2. The SMILES string of the molecule is CC(C)C(CNC(=O)Nc1cccc(COc2cccc(F)c2)c1)N1CCN(C)CC1. The number of hydrogen-bond donors (Lipinski definition) is 2. The second-order valence-corrected chi connectivity index (χ2v) is 8.43. The number of amides is 2. The van der Waals surface area contributed by atoms with Crippen LogP contribution in [0.5, 0.6) is 5.75 Å². The van der Waals surface area contributed by atoms with Gasteiger partial charge in [0.05, 0.1) is 0 Å². The van der Waals surface area contributed by atoms with Crippen molar-refractivity contribution in [2.75, 3.05) is 45.1 Å². The Morgan fingerprint density at radius 3 is 2.55 bits per heavy atom. The van der Waals surface area contributed by atoms with Crippen molar-refractivity contribution in [2.45, 2.75) is 26.5 Å². The zero-order chi connectivity index (χ0) is 22.2. The lowest BCUT2D eigenvalue weighted by Crippen LogP contribution is -2.54. The van der Waals surface area contributed by atoms with Gasteiger partial charge in [-0.3, -0.25) is 4.90 Å². The predicted octanol–water partition coefficient (Wildman–Crippen LogP) is 3.80. The first-order valence-electron chi connectivity index (χ1n) is 10.9. The molecule has 1 fully saturated rings. The van der Waals surface area contributed by atoms with Crippen molar-refractivity contribution >= 4 is 11.7 Å². The summed E-state index contributed by atoms with van der Waals surface area (Å²) in [6, 6.07) is 13.6. The summed E-state index contributed by atoms with van der Waals surface area (Å²) >= 11 is 0. The molecule has 2 aromatic carbocycles. The fourth-order valence-corrected chi connectivity index (χ4v) is 3.77. The minimum absolute atomic E-state index is 0.219. The van der Waals surface area contributed by atoms with E-state index in [4.69, 9.17) is 4.74 Å². The fourth-order valence-electron chi connectivity index (χ4n) is 3.77. The molecule has 1 heterocycles. The molecule has 2 amide bonds. The average Bonchev–Trinajstić information content (AvgIpc) is 2.74. The smallest absolute Gasteiger partial charge is 0.319 e. The van der Waals surface area contributed by atoms with Crippen LogP contribution in [0, 0.1) is 11.7 Å². The Labute approximate surface area is 184 Å². The molecule has 1 unspecified atom stereocenters. The number of nitrogens with zero attached hydrogens (tertiary/aromatic N) is 2. The summed E-state index contributed by atoms with van der Waals surface area (Å²) < 4.78 is 18.9. The first-order chi connectivity index (χ1) is 14.9. The van der Waals surface area contributed by atoms with Crippen molar-refractivity contribution in [3.8, 4) is 5.75 Å². The standard InChI is InChI=1S/C24H33FN4O2/c1-18(2)23(29-12-10-28(3)11-13-29)16-26-24(30)27-21-8-4-6-19(14-21)17-31-22-9-5-7-20(25)15-22/h4-9,14-15,18,23H,10-13,16-17H2,1-3H3,(H2,26,27,30). The number of rotatable bonds is 8. The predicted molar refractivity (Wildman–Crippen MR) is 122 cm³/mol. The third kappa shape index (κ3) is 7.22. The zero-order valence-corrected chi connectivity index (χ0v) is 18.6. The van der Waals surface area contributed by atoms with Gasteiger partial charge in [-0.2, -0.15) is 0 Å². The Morgan fingerprint density at radius 1 is 1.10 bits per heavy atom. The van der Waals surface area contributed by atoms with Gasteiger partial charge in [-0.1, -0.05) is 32.0 Å². The van der Waals surface area contributed by atoms with Gasteiger partial charge in [0.15, 0.2) is 0 Å². The van der Waals surface area contributed by atoms with Gasteiger partial charge in [-0.15, -0.1) is 0 Å². The number of hydrogen-bond acceptors (Lipinski definition) is 4. The van der Waals surface area contributed by atoms with Crippen molar-refractivity contribution in [1.82, 2.24) is 15.1 Å². The lowest BCUT2D eigenvalue weighted by atomic mass is 10.0. The Bertz CT molecular complexity index is 853. The van der Waals surface area contributed by atoms with Crippen molar-refractivity contribution < 1.29 is 13.9 Å². The molecule has 1 atom stereocenters. The second-order valence-electron chi connectivity index (χ2n) is 8.43. The highest BCUT2D eigenvalue weighted by atomic mass is 19.1. The van der Waals surface area contributed by atoms with E-state index in [9.17, 15) is 9.18 Å². The maximum Gasteiger partial charge on any atom is 0.319 e. The molecule has 3 rings (SSSR count). The van der Waals surface area contributed by atoms with Crippen LogP contribution in [-0.2, 0) is 6.61 Å². The monoisotopic (exact) mass is 428 g/mol. The first kappa shape index (κ1) is 23.0. The summed E-state index contributed by atoms with van der Waals surface area (Å²) in [6.07, 6.45) is 0. The number of piperazine rings is 1. The molecule has 6 nitrogen and oxygen atoms in total. The van der Waals surface area contributed by atoms with E-state index in [2.05, 4.69) is 41.3 Å². The molecule has 0 aromatic heterocycles. The van der Waals surface area contributed by atoms with E-state index in [0.717, 1.165) is 31.7 Å². The number of likely N-dealkylation sites (N-methyl/N-ethyl adjacent to an activating group) is 1. The van der Waals surface area contributed by atoms with Crippen LogP contribution < -0.4 is 15.4 Å². The minimum atomic E-state index is -0.333. The van der Waals surface area contributed by atoms with Crippen molar-refractivity contribution in [3.05, 3.63) is 59.9 Å². The minimum Gasteiger partial charge on any atom is -0.489 e. The van der Waals surface area contributed by atoms with Crippen LogP contribution in [0.15, 0.2) is 48.5 Å². The first-order valence-corrected chi connectivity index (χ1v) is 10.9. The topological polar surface area (TPSA) is 56.8 Å². The van der Waals surface area contributed by atoms with Crippen LogP contribution in [0.1, 0.15) is 19.4 Å². The van der Waals surface area contributed by atoms with E-state index < -0.39 is 0 Å². The number of urea groups is 1. The molecule has 0 bridgehead atoms. The van der Waals surface area contributed by atoms with Gasteiger partial charge in [0.25, 0.3) is 0 Å². The number of carbonyl (C=O) groups excluding carboxylic acids is 1. The van der Waals surface area contributed by atoms with Gasteiger partial charge < -0.3 is 20.3 Å². The average molecular weight is 429 g/mol. The number of anilines is 1. The van der Waals surface area contributed by atoms with Crippen LogP contribution in [0.3, 0.4) is 0 Å². The summed E-state index contributed by atoms with van der Waals surface area (Å²) in [5.74, 6) is 0.590. The summed E-state index contributed by atoms with van der Waals surface area (Å²) in [7, 11) is 2.14. The van der Waals surface area contributed by atoms with Gasteiger partial charge in [0.1, 0.15) is 18.2 Å². The highest BCUT2D eigenvalue weighted by Crippen LogP contribution is 2.17. The van der Waals surface area contributed by atoms with Crippen molar-refractivity contribution in [2.24, 2.45) is 5.92 Å². The Morgan fingerprint density at radius 2 is 1.84 bits per heavy atom. The number of nitrogens with one attached hydrogen (secondary N) is 2. The molecule has 0 radical (unpaired) electrons. The fraction of sp³-hybridized carbons (Fsp3) is 0.458. The number of halogens is 1. The molecule has 31 heavy (non-hydrogen) atoms. The molecule has 168 valence electrons. The van der Waals surface area contributed by atoms with Crippen molar-refractivity contribution in [1.29, 1.82) is 0 Å². The van der Waals surface area contributed by atoms with Gasteiger partial charge in [-0.05, 0) is 42.8 Å². The Balaban J connectivity index is 1.49. The van der Waals surface area contributed by atoms with E-state index in [1.807, 2.05) is 24.3 Å². The second kappa shape index (κ2) is 11.1. The number of carbonyl (C=O) groups is 1. The Hall–Kier alpha value is -2.64. The summed E-state index contributed by atoms with van der Waals surface area (Å²) in [4.78, 5) is 17.3. The van der Waals surface area contributed by atoms with Crippen LogP contribution in [0.4, 0.5) is 14.9 Å². The van der Waals surface area contributed by atoms with Crippen LogP contribution >= 0.6 is 0 Å². The zero-order valence-electron chi connectivity index (χ0n) is 18.6. The van der Waals surface area contributed by atoms with Gasteiger partial charge in [0.2, 0.25) is 0 Å². The third-order valence-electron chi connectivity index (χ3n) is 5.63. The lowest BCUT2D eigenvalue weighted by molar-refractivity contribution is 0.0890. The third-order valence-corrected chi connectivity index (χ3v) is 5.63. The van der Waals surface area contributed by atoms with E-state index in [0.29, 0.717) is 36.5 Å². The molecule has 0 spiro atoms. The molecule has 7 heteroatoms. The molecule has 2 N–H and O–H groups in total. The highest BCUT2D eigenvalue weighted by Gasteiger charge is 2.25. The van der Waals surface area contributed by atoms with E-state index in [1.54, 1.807) is 12.1 Å². The largest absolute Gasteiger partial charge is 0.489 e. The highest BCUT2D eigenvalue weighted by molar-refractivity contribution is 5.89. The van der Waals surface area contributed by atoms with Gasteiger partial charge in [0, 0.05) is 50.5 Å². The van der Waals surface area contributed by atoms with Crippen LogP contribution in [-0.4, -0.2) is 61.6 Å². The summed E-state index contributed by atoms with van der Waals surface area (Å²) in [5, 5.41) is 5.93. The van der Waals surface area contributed by atoms with Gasteiger partial charge in [-0.25, -0.2) is 9.18 Å². The summed E-state index contributed by atoms with van der Waals surface area (Å²) in [5.41, 5.74) is 1.58. The van der Waals surface area contributed by atoms with Crippen LogP contribution in [0.25, 0.3) is 0 Å². The molecule has 0 aliphatic carbocycles. The van der Waals surface area contributed by atoms with Gasteiger partial charge >= 0.3 is 6.03 Å². The molecule has 1 saturated heterocycles. The maximum absolute atomic E-state index is 13.3. The lowest BCUT2D eigenvalue weighted by Gasteiger charge is -2.39. The van der Waals surface area contributed by atoms with Crippen molar-refractivity contribution in [3.63, 3.8) is 0 Å². The van der Waals surface area contributed by atoms with E-state index >= 15 is 0 Å². The number of benzene rings is 2. The molecule has 1 aliphatic rings. The molecular formula is C24H33FN4O2.